The van der Waals surface area contributed by atoms with Crippen LogP contribution in [-0.2, 0) is 5.41 Å². The van der Waals surface area contributed by atoms with Gasteiger partial charge in [0.1, 0.15) is 0 Å². The Morgan fingerprint density at radius 3 is 2.17 bits per heavy atom. The predicted molar refractivity (Wildman–Crippen MR) is 103 cm³/mol. The van der Waals surface area contributed by atoms with Crippen molar-refractivity contribution in [2.45, 2.75) is 39.9 Å². The SMILES string of the molecule is [2H]C([2H])([2H])c1ccc(-c2ccc(C([2H])([2H])[2H])c(-c3ccc(C(C)(C)C)cc3)c2)nc1. The van der Waals surface area contributed by atoms with Crippen molar-refractivity contribution in [3.05, 3.63) is 77.5 Å². The Kier molecular flexibility index (Phi) is 2.72. The van der Waals surface area contributed by atoms with Crippen molar-refractivity contribution in [1.29, 1.82) is 0 Å². The highest BCUT2D eigenvalue weighted by Crippen LogP contribution is 2.30. The molecule has 1 heteroatoms. The van der Waals surface area contributed by atoms with Gasteiger partial charge in [0, 0.05) is 20.0 Å². The number of hydrogen-bond acceptors (Lipinski definition) is 1. The van der Waals surface area contributed by atoms with Crippen molar-refractivity contribution in [2.24, 2.45) is 0 Å². The molecule has 0 saturated carbocycles. The number of nitrogens with zero attached hydrogens (tertiary/aromatic N) is 1. The van der Waals surface area contributed by atoms with Crippen LogP contribution in [0.5, 0.6) is 0 Å². The predicted octanol–water partition coefficient (Wildman–Crippen LogP) is 6.33. The van der Waals surface area contributed by atoms with E-state index in [0.29, 0.717) is 11.3 Å². The third kappa shape index (κ3) is 3.41. The lowest BCUT2D eigenvalue weighted by Gasteiger charge is -2.19. The van der Waals surface area contributed by atoms with Gasteiger partial charge < -0.3 is 0 Å². The molecule has 122 valence electrons. The molecule has 0 atom stereocenters. The number of rotatable bonds is 2. The van der Waals surface area contributed by atoms with E-state index < -0.39 is 13.7 Å². The van der Waals surface area contributed by atoms with E-state index in [1.165, 1.54) is 17.8 Å². The van der Waals surface area contributed by atoms with Crippen LogP contribution in [0.15, 0.2) is 60.8 Å². The lowest BCUT2D eigenvalue weighted by Crippen LogP contribution is -2.10. The van der Waals surface area contributed by atoms with Gasteiger partial charge in [0.2, 0.25) is 0 Å². The van der Waals surface area contributed by atoms with Gasteiger partial charge in [-0.15, -0.1) is 0 Å². The minimum absolute atomic E-state index is 0.00166. The fourth-order valence-corrected chi connectivity index (χ4v) is 2.66. The van der Waals surface area contributed by atoms with Crippen molar-refractivity contribution in [3.8, 4) is 22.4 Å². The molecular formula is C23H25N. The molecule has 1 heterocycles. The molecule has 0 fully saturated rings. The highest BCUT2D eigenvalue weighted by Gasteiger charge is 2.13. The quantitative estimate of drug-likeness (QED) is 0.537. The summed E-state index contributed by atoms with van der Waals surface area (Å²) in [7, 11) is 0. The van der Waals surface area contributed by atoms with E-state index in [1.54, 1.807) is 18.2 Å². The van der Waals surface area contributed by atoms with Gasteiger partial charge in [-0.3, -0.25) is 4.98 Å². The van der Waals surface area contributed by atoms with Gasteiger partial charge in [-0.2, -0.15) is 0 Å². The zero-order valence-corrected chi connectivity index (χ0v) is 14.2. The number of hydrogen-bond donors (Lipinski definition) is 0. The average molecular weight is 321 g/mol. The molecule has 2 aromatic carbocycles. The Morgan fingerprint density at radius 2 is 1.58 bits per heavy atom. The van der Waals surface area contributed by atoms with Crippen LogP contribution in [0.25, 0.3) is 22.4 Å². The van der Waals surface area contributed by atoms with Gasteiger partial charge in [-0.25, -0.2) is 0 Å². The summed E-state index contributed by atoms with van der Waals surface area (Å²) in [4.78, 5) is 4.29. The summed E-state index contributed by atoms with van der Waals surface area (Å²) < 4.78 is 46.2. The summed E-state index contributed by atoms with van der Waals surface area (Å²) in [5, 5.41) is 0. The van der Waals surface area contributed by atoms with Crippen LogP contribution in [0.2, 0.25) is 0 Å². The van der Waals surface area contributed by atoms with Crippen LogP contribution in [0.3, 0.4) is 0 Å². The second-order valence-corrected chi connectivity index (χ2v) is 7.02. The molecule has 0 unspecified atom stereocenters. The first kappa shape index (κ1) is 10.5. The molecule has 1 nitrogen and oxygen atoms in total. The molecule has 3 aromatic rings. The Labute approximate surface area is 153 Å². The maximum Gasteiger partial charge on any atom is 0.0702 e. The normalized spacial score (nSPS) is 16.3. The van der Waals surface area contributed by atoms with E-state index in [2.05, 4.69) is 25.8 Å². The average Bonchev–Trinajstić information content (AvgIpc) is 2.66. The largest absolute Gasteiger partial charge is 0.256 e. The van der Waals surface area contributed by atoms with Crippen LogP contribution in [0.4, 0.5) is 0 Å². The lowest BCUT2D eigenvalue weighted by atomic mass is 9.86. The molecule has 3 rings (SSSR count). The Bertz CT molecular complexity index is 1020. The second kappa shape index (κ2) is 6.24. The molecule has 0 N–H and O–H groups in total. The first-order chi connectivity index (χ1) is 13.8. The summed E-state index contributed by atoms with van der Waals surface area (Å²) in [5.74, 6) is 0. The second-order valence-electron chi connectivity index (χ2n) is 7.02. The first-order valence-corrected chi connectivity index (χ1v) is 7.99. The molecule has 0 amide bonds. The molecule has 0 radical (unpaired) electrons. The van der Waals surface area contributed by atoms with Crippen LogP contribution in [0, 0.1) is 13.7 Å². The lowest BCUT2D eigenvalue weighted by molar-refractivity contribution is 0.590. The van der Waals surface area contributed by atoms with Crippen molar-refractivity contribution in [2.75, 3.05) is 0 Å². The maximum atomic E-state index is 7.93. The standard InChI is InChI=1S/C23H25N/c1-16-6-13-22(24-15-16)19-8-7-17(2)21(14-19)18-9-11-20(12-10-18)23(3,4)5/h6-15H,1-5H3/i1D3,2D3. The summed E-state index contributed by atoms with van der Waals surface area (Å²) in [6.45, 7) is 1.92. The zero-order chi connectivity index (χ0) is 22.3. The number of aromatic nitrogens is 1. The summed E-state index contributed by atoms with van der Waals surface area (Å²) in [6, 6.07) is 16.2. The summed E-state index contributed by atoms with van der Waals surface area (Å²) >= 11 is 0. The van der Waals surface area contributed by atoms with E-state index >= 15 is 0 Å². The Morgan fingerprint density at radius 1 is 0.833 bits per heavy atom. The molecular weight excluding hydrogens is 290 g/mol. The van der Waals surface area contributed by atoms with Crippen LogP contribution in [0.1, 0.15) is 45.7 Å². The highest BCUT2D eigenvalue weighted by molar-refractivity contribution is 5.74. The maximum absolute atomic E-state index is 7.93. The molecule has 0 aliphatic heterocycles. The van der Waals surface area contributed by atoms with E-state index in [1.807, 2.05) is 30.3 Å². The number of benzene rings is 2. The van der Waals surface area contributed by atoms with Gasteiger partial charge in [0.25, 0.3) is 0 Å². The highest BCUT2D eigenvalue weighted by atomic mass is 14.7. The van der Waals surface area contributed by atoms with E-state index in [0.717, 1.165) is 11.1 Å². The van der Waals surface area contributed by atoms with Crippen molar-refractivity contribution in [3.63, 3.8) is 0 Å². The molecule has 0 saturated heterocycles. The van der Waals surface area contributed by atoms with E-state index in [-0.39, 0.29) is 16.5 Å². The number of aryl methyl sites for hydroxylation is 2. The minimum atomic E-state index is -2.25. The Hall–Kier alpha value is -2.41. The monoisotopic (exact) mass is 321 g/mol. The first-order valence-electron chi connectivity index (χ1n) is 11.0. The molecule has 0 aliphatic carbocycles. The van der Waals surface area contributed by atoms with Crippen LogP contribution >= 0.6 is 0 Å². The third-order valence-electron chi connectivity index (χ3n) is 4.14. The van der Waals surface area contributed by atoms with Gasteiger partial charge in [-0.1, -0.05) is 63.2 Å². The molecule has 0 spiro atoms. The van der Waals surface area contributed by atoms with Gasteiger partial charge >= 0.3 is 0 Å². The molecule has 1 aromatic heterocycles. The molecule has 0 bridgehead atoms. The third-order valence-corrected chi connectivity index (χ3v) is 4.14. The molecule has 24 heavy (non-hydrogen) atoms. The van der Waals surface area contributed by atoms with Gasteiger partial charge in [0.05, 0.1) is 5.69 Å². The molecule has 0 aliphatic rings. The fraction of sp³-hybridized carbons (Fsp3) is 0.261. The van der Waals surface area contributed by atoms with Crippen molar-refractivity contribution >= 4 is 0 Å². The van der Waals surface area contributed by atoms with E-state index in [9.17, 15) is 0 Å². The smallest absolute Gasteiger partial charge is 0.0702 e. The van der Waals surface area contributed by atoms with Gasteiger partial charge in [0.15, 0.2) is 0 Å². The van der Waals surface area contributed by atoms with Crippen molar-refractivity contribution in [1.82, 2.24) is 4.98 Å². The fourth-order valence-electron chi connectivity index (χ4n) is 2.66. The Balaban J connectivity index is 2.09. The van der Waals surface area contributed by atoms with Crippen LogP contribution in [-0.4, -0.2) is 4.98 Å². The summed E-state index contributed by atoms with van der Waals surface area (Å²) in [5.41, 5.74) is 4.37. The minimum Gasteiger partial charge on any atom is -0.256 e. The van der Waals surface area contributed by atoms with E-state index in [4.69, 9.17) is 8.22 Å². The number of pyridine rings is 1. The topological polar surface area (TPSA) is 12.9 Å². The van der Waals surface area contributed by atoms with Crippen LogP contribution < -0.4 is 0 Å². The zero-order valence-electron chi connectivity index (χ0n) is 20.2. The summed E-state index contributed by atoms with van der Waals surface area (Å²) in [6.07, 6.45) is 1.35. The van der Waals surface area contributed by atoms with Gasteiger partial charge in [-0.05, 0) is 59.1 Å². The van der Waals surface area contributed by atoms with Crippen molar-refractivity contribution < 1.29 is 8.22 Å².